The van der Waals surface area contributed by atoms with Crippen molar-refractivity contribution in [3.63, 3.8) is 0 Å². The monoisotopic (exact) mass is 345 g/mol. The number of fused-ring (bicyclic) bond motifs is 1. The quantitative estimate of drug-likeness (QED) is 0.792. The number of nitrogens with one attached hydrogen (secondary N) is 2. The van der Waals surface area contributed by atoms with Crippen LogP contribution in [0.1, 0.15) is 35.3 Å². The van der Waals surface area contributed by atoms with Crippen molar-refractivity contribution >= 4 is 41.8 Å². The first-order chi connectivity index (χ1) is 9.69. The van der Waals surface area contributed by atoms with E-state index in [0.29, 0.717) is 23.7 Å². The van der Waals surface area contributed by atoms with Gasteiger partial charge < -0.3 is 11.1 Å². The maximum atomic E-state index is 12.3. The minimum absolute atomic E-state index is 0. The molecule has 2 aromatic heterocycles. The van der Waals surface area contributed by atoms with Crippen LogP contribution in [-0.2, 0) is 0 Å². The molecule has 1 amide bonds. The second-order valence-electron chi connectivity index (χ2n) is 5.45. The van der Waals surface area contributed by atoms with Crippen LogP contribution in [0.5, 0.6) is 0 Å². The van der Waals surface area contributed by atoms with Crippen molar-refractivity contribution < 1.29 is 4.79 Å². The fourth-order valence-electron chi connectivity index (χ4n) is 2.90. The molecular weight excluding hydrogens is 325 g/mol. The largest absolute Gasteiger partial charge is 0.349 e. The Morgan fingerprint density at radius 1 is 1.45 bits per heavy atom. The Morgan fingerprint density at radius 3 is 2.95 bits per heavy atom. The molecule has 0 aliphatic heterocycles. The molecule has 3 rings (SSSR count). The number of aromatic amines is 1. The van der Waals surface area contributed by atoms with Gasteiger partial charge in [0.1, 0.15) is 0 Å². The van der Waals surface area contributed by atoms with Crippen LogP contribution < -0.4 is 11.1 Å². The molecule has 0 saturated heterocycles. The molecule has 0 spiro atoms. The van der Waals surface area contributed by atoms with Crippen molar-refractivity contribution in [2.24, 2.45) is 11.7 Å². The Hall–Kier alpha value is -1.37. The van der Waals surface area contributed by atoms with Crippen LogP contribution in [0, 0.1) is 12.8 Å². The van der Waals surface area contributed by atoms with E-state index in [0.717, 1.165) is 30.3 Å². The van der Waals surface area contributed by atoms with Crippen LogP contribution in [0.2, 0.25) is 0 Å². The van der Waals surface area contributed by atoms with Crippen LogP contribution in [0.4, 0.5) is 0 Å². The number of halogens is 2. The fraction of sp³-hybridized carbons (Fsp3) is 0.500. The van der Waals surface area contributed by atoms with Crippen molar-refractivity contribution in [3.8, 4) is 0 Å². The molecule has 1 aliphatic carbocycles. The SMILES string of the molecule is Cc1[nH]nc2ncc(C(=O)NC3CCCC3CN)cc12.Cl.Cl. The third-order valence-corrected chi connectivity index (χ3v) is 4.14. The number of amides is 1. The number of carbonyl (C=O) groups excluding carboxylic acids is 1. The fourth-order valence-corrected chi connectivity index (χ4v) is 2.90. The lowest BCUT2D eigenvalue weighted by atomic mass is 10.0. The van der Waals surface area contributed by atoms with Gasteiger partial charge in [0.15, 0.2) is 5.65 Å². The highest BCUT2D eigenvalue weighted by molar-refractivity contribution is 5.97. The van der Waals surface area contributed by atoms with Crippen molar-refractivity contribution in [3.05, 3.63) is 23.5 Å². The average Bonchev–Trinajstić information content (AvgIpc) is 3.05. The highest BCUT2D eigenvalue weighted by atomic mass is 35.5. The summed E-state index contributed by atoms with van der Waals surface area (Å²) in [5.41, 5.74) is 7.87. The minimum Gasteiger partial charge on any atom is -0.349 e. The lowest BCUT2D eigenvalue weighted by Gasteiger charge is -2.19. The number of nitrogens with two attached hydrogens (primary N) is 1. The normalized spacial score (nSPS) is 20.3. The molecule has 0 aromatic carbocycles. The van der Waals surface area contributed by atoms with E-state index in [1.807, 2.05) is 13.0 Å². The first-order valence-electron chi connectivity index (χ1n) is 7.00. The number of hydrogen-bond donors (Lipinski definition) is 3. The van der Waals surface area contributed by atoms with Crippen LogP contribution in [0.25, 0.3) is 11.0 Å². The molecule has 1 fully saturated rings. The summed E-state index contributed by atoms with van der Waals surface area (Å²) in [4.78, 5) is 16.5. The van der Waals surface area contributed by atoms with Gasteiger partial charge in [-0.25, -0.2) is 4.98 Å². The first kappa shape index (κ1) is 18.7. The van der Waals surface area contributed by atoms with Gasteiger partial charge in [-0.2, -0.15) is 5.10 Å². The van der Waals surface area contributed by atoms with E-state index in [1.165, 1.54) is 0 Å². The van der Waals surface area contributed by atoms with E-state index in [2.05, 4.69) is 20.5 Å². The summed E-state index contributed by atoms with van der Waals surface area (Å²) in [6, 6.07) is 2.02. The summed E-state index contributed by atoms with van der Waals surface area (Å²) in [5, 5.41) is 10.9. The molecule has 2 unspecified atom stereocenters. The Bertz CT molecular complexity index is 645. The second kappa shape index (κ2) is 7.76. The Kier molecular flexibility index (Phi) is 6.59. The van der Waals surface area contributed by atoms with Gasteiger partial charge in [-0.05, 0) is 38.3 Å². The van der Waals surface area contributed by atoms with Crippen LogP contribution >= 0.6 is 24.8 Å². The molecule has 4 N–H and O–H groups in total. The van der Waals surface area contributed by atoms with E-state index < -0.39 is 0 Å². The van der Waals surface area contributed by atoms with Gasteiger partial charge in [0.25, 0.3) is 5.91 Å². The Morgan fingerprint density at radius 2 is 2.23 bits per heavy atom. The number of carbonyl (C=O) groups is 1. The molecule has 0 radical (unpaired) electrons. The van der Waals surface area contributed by atoms with Gasteiger partial charge in [0.05, 0.1) is 5.56 Å². The van der Waals surface area contributed by atoms with Gasteiger partial charge in [0.2, 0.25) is 0 Å². The lowest BCUT2D eigenvalue weighted by molar-refractivity contribution is 0.0928. The minimum atomic E-state index is -0.0784. The van der Waals surface area contributed by atoms with Crippen molar-refractivity contribution in [1.29, 1.82) is 0 Å². The molecule has 22 heavy (non-hydrogen) atoms. The molecule has 2 heterocycles. The van der Waals surface area contributed by atoms with Crippen LogP contribution in [-0.4, -0.2) is 33.7 Å². The Balaban J connectivity index is 0.00000121. The van der Waals surface area contributed by atoms with Crippen LogP contribution in [0.3, 0.4) is 0 Å². The molecule has 1 aliphatic rings. The van der Waals surface area contributed by atoms with Gasteiger partial charge in [-0.3, -0.25) is 9.89 Å². The smallest absolute Gasteiger partial charge is 0.253 e. The number of nitrogens with zero attached hydrogens (tertiary/aromatic N) is 2. The van der Waals surface area contributed by atoms with Gasteiger partial charge in [-0.1, -0.05) is 6.42 Å². The molecule has 1 saturated carbocycles. The number of aryl methyl sites for hydroxylation is 1. The maximum Gasteiger partial charge on any atom is 0.253 e. The van der Waals surface area contributed by atoms with E-state index in [-0.39, 0.29) is 36.8 Å². The summed E-state index contributed by atoms with van der Waals surface area (Å²) in [6.45, 7) is 2.54. The third-order valence-electron chi connectivity index (χ3n) is 4.14. The van der Waals surface area contributed by atoms with Gasteiger partial charge in [0, 0.05) is 23.3 Å². The predicted molar refractivity (Wildman–Crippen MR) is 90.8 cm³/mol. The highest BCUT2D eigenvalue weighted by Gasteiger charge is 2.27. The number of rotatable bonds is 3. The average molecular weight is 346 g/mol. The van der Waals surface area contributed by atoms with Crippen LogP contribution in [0.15, 0.2) is 12.3 Å². The molecule has 122 valence electrons. The van der Waals surface area contributed by atoms with Crippen molar-refractivity contribution in [2.45, 2.75) is 32.2 Å². The standard InChI is InChI=1S/C14H19N5O.2ClH/c1-8-11-5-10(7-16-13(11)19-18-8)14(20)17-12-4-2-3-9(12)6-15;;/h5,7,9,12H,2-4,6,15H2,1H3,(H,17,20)(H,16,18,19);2*1H. The second-order valence-corrected chi connectivity index (χ2v) is 5.45. The molecule has 6 nitrogen and oxygen atoms in total. The zero-order chi connectivity index (χ0) is 14.1. The maximum absolute atomic E-state index is 12.3. The number of H-pyrrole nitrogens is 1. The van der Waals surface area contributed by atoms with Gasteiger partial charge >= 0.3 is 0 Å². The summed E-state index contributed by atoms with van der Waals surface area (Å²) in [7, 11) is 0. The molecule has 8 heteroatoms. The number of pyridine rings is 1. The number of hydrogen-bond acceptors (Lipinski definition) is 4. The predicted octanol–water partition coefficient (Wildman–Crippen LogP) is 1.97. The summed E-state index contributed by atoms with van der Waals surface area (Å²) >= 11 is 0. The van der Waals surface area contributed by atoms with E-state index >= 15 is 0 Å². The van der Waals surface area contributed by atoms with Crippen molar-refractivity contribution in [1.82, 2.24) is 20.5 Å². The van der Waals surface area contributed by atoms with E-state index in [9.17, 15) is 4.79 Å². The van der Waals surface area contributed by atoms with Gasteiger partial charge in [-0.15, -0.1) is 24.8 Å². The topological polar surface area (TPSA) is 96.7 Å². The summed E-state index contributed by atoms with van der Waals surface area (Å²) < 4.78 is 0. The van der Waals surface area contributed by atoms with E-state index in [4.69, 9.17) is 5.73 Å². The molecule has 0 bridgehead atoms. The zero-order valence-electron chi connectivity index (χ0n) is 12.3. The molecule has 2 aromatic rings. The molecular formula is C14H21Cl2N5O. The third kappa shape index (κ3) is 3.51. The number of aromatic nitrogens is 3. The molecule has 2 atom stereocenters. The summed E-state index contributed by atoms with van der Waals surface area (Å²) in [5.74, 6) is 0.316. The van der Waals surface area contributed by atoms with Crippen molar-refractivity contribution in [2.75, 3.05) is 6.54 Å². The Labute approximate surface area is 141 Å². The summed E-state index contributed by atoms with van der Waals surface area (Å²) in [6.07, 6.45) is 4.81. The van der Waals surface area contributed by atoms with E-state index in [1.54, 1.807) is 6.20 Å². The highest BCUT2D eigenvalue weighted by Crippen LogP contribution is 2.25. The first-order valence-corrected chi connectivity index (χ1v) is 7.00. The lowest BCUT2D eigenvalue weighted by Crippen LogP contribution is -2.39. The zero-order valence-corrected chi connectivity index (χ0v) is 14.0.